The highest BCUT2D eigenvalue weighted by atomic mass is 35.5. The molecule has 1 amide bonds. The molecule has 0 bridgehead atoms. The van der Waals surface area contributed by atoms with E-state index in [2.05, 4.69) is 15.1 Å². The predicted octanol–water partition coefficient (Wildman–Crippen LogP) is 4.53. The van der Waals surface area contributed by atoms with Crippen molar-refractivity contribution in [2.75, 3.05) is 33.3 Å². The van der Waals surface area contributed by atoms with Gasteiger partial charge < -0.3 is 14.5 Å². The molecular weight excluding hydrogens is 536 g/mol. The molecule has 2 aliphatic rings. The van der Waals surface area contributed by atoms with Gasteiger partial charge in [0.1, 0.15) is 5.75 Å². The summed E-state index contributed by atoms with van der Waals surface area (Å²) in [6.45, 7) is 3.53. The van der Waals surface area contributed by atoms with Crippen molar-refractivity contribution in [3.63, 3.8) is 0 Å². The van der Waals surface area contributed by atoms with E-state index in [-0.39, 0.29) is 15.8 Å². The molecular formula is C29H33ClN4O4S. The van der Waals surface area contributed by atoms with Crippen LogP contribution in [-0.4, -0.2) is 73.7 Å². The monoisotopic (exact) mass is 568 g/mol. The highest BCUT2D eigenvalue weighted by Gasteiger charge is 2.30. The molecule has 0 radical (unpaired) electrons. The first-order valence-corrected chi connectivity index (χ1v) is 15.2. The number of carbonyl (C=O) groups excluding carboxylic acids is 1. The quantitative estimate of drug-likeness (QED) is 0.413. The van der Waals surface area contributed by atoms with Crippen LogP contribution < -0.4 is 4.74 Å². The van der Waals surface area contributed by atoms with Crippen molar-refractivity contribution in [1.29, 1.82) is 0 Å². The zero-order valence-electron chi connectivity index (χ0n) is 22.0. The summed E-state index contributed by atoms with van der Waals surface area (Å²) in [5, 5.41) is 8.75. The van der Waals surface area contributed by atoms with Gasteiger partial charge in [0.05, 0.1) is 28.3 Å². The maximum atomic E-state index is 12.9. The van der Waals surface area contributed by atoms with Gasteiger partial charge in [0, 0.05) is 19.1 Å². The number of halogens is 1. The molecule has 10 heteroatoms. The second kappa shape index (κ2) is 12.0. The van der Waals surface area contributed by atoms with Gasteiger partial charge in [-0.05, 0) is 99.6 Å². The number of amides is 1. The lowest BCUT2D eigenvalue weighted by molar-refractivity contribution is 0.0552. The van der Waals surface area contributed by atoms with Crippen molar-refractivity contribution in [3.8, 4) is 5.75 Å². The Morgan fingerprint density at radius 2 is 1.62 bits per heavy atom. The van der Waals surface area contributed by atoms with Crippen molar-refractivity contribution >= 4 is 27.3 Å². The Hall–Kier alpha value is -3.01. The van der Waals surface area contributed by atoms with Gasteiger partial charge in [-0.25, -0.2) is 8.42 Å². The number of rotatable bonds is 7. The first-order valence-electron chi connectivity index (χ1n) is 13.3. The molecule has 0 unspecified atom stereocenters. The Bertz CT molecular complexity index is 1380. The molecule has 5 rings (SSSR count). The Balaban J connectivity index is 1.10. The average molecular weight is 569 g/mol. The van der Waals surface area contributed by atoms with E-state index in [9.17, 15) is 13.2 Å². The van der Waals surface area contributed by atoms with Crippen LogP contribution in [-0.2, 0) is 16.3 Å². The number of nitrogens with zero attached hydrogens (tertiary/aromatic N) is 4. The number of likely N-dealkylation sites (tertiary alicyclic amines) is 2. The van der Waals surface area contributed by atoms with Gasteiger partial charge in [0.2, 0.25) is 9.84 Å². The smallest absolute Gasteiger partial charge is 0.255 e. The van der Waals surface area contributed by atoms with E-state index in [1.54, 1.807) is 36.4 Å². The van der Waals surface area contributed by atoms with Crippen LogP contribution in [0.15, 0.2) is 70.6 Å². The minimum Gasteiger partial charge on any atom is -0.497 e. The molecule has 2 fully saturated rings. The summed E-state index contributed by atoms with van der Waals surface area (Å²) >= 11 is 6.23. The van der Waals surface area contributed by atoms with Crippen molar-refractivity contribution in [2.24, 2.45) is 5.92 Å². The highest BCUT2D eigenvalue weighted by molar-refractivity contribution is 7.91. The fourth-order valence-corrected chi connectivity index (χ4v) is 6.88. The topological polar surface area (TPSA) is 92.7 Å². The van der Waals surface area contributed by atoms with Gasteiger partial charge in [-0.15, -0.1) is 5.10 Å². The normalized spacial score (nSPS) is 17.7. The summed E-state index contributed by atoms with van der Waals surface area (Å²) in [5.74, 6) is 1.10. The number of benzene rings is 2. The summed E-state index contributed by atoms with van der Waals surface area (Å²) < 4.78 is 30.9. The van der Waals surface area contributed by atoms with E-state index >= 15 is 0 Å². The molecule has 0 spiro atoms. The third-order valence-electron chi connectivity index (χ3n) is 7.86. The Labute approximate surface area is 234 Å². The van der Waals surface area contributed by atoms with Crippen LogP contribution >= 0.6 is 11.6 Å². The predicted molar refractivity (Wildman–Crippen MR) is 149 cm³/mol. The van der Waals surface area contributed by atoms with Gasteiger partial charge in [-0.1, -0.05) is 23.7 Å². The van der Waals surface area contributed by atoms with Crippen LogP contribution in [0.2, 0.25) is 5.02 Å². The maximum Gasteiger partial charge on any atom is 0.255 e. The van der Waals surface area contributed by atoms with Crippen molar-refractivity contribution in [2.45, 2.75) is 48.1 Å². The molecule has 206 valence electrons. The molecule has 0 atom stereocenters. The number of sulfone groups is 1. The highest BCUT2D eigenvalue weighted by Crippen LogP contribution is 2.28. The third-order valence-corrected chi connectivity index (χ3v) is 9.85. The number of aromatic nitrogens is 2. The lowest BCUT2D eigenvalue weighted by atomic mass is 9.90. The fourth-order valence-electron chi connectivity index (χ4n) is 5.53. The van der Waals surface area contributed by atoms with Crippen LogP contribution in [0.4, 0.5) is 0 Å². The Kier molecular flexibility index (Phi) is 8.49. The van der Waals surface area contributed by atoms with Crippen LogP contribution in [0.3, 0.4) is 0 Å². The number of hydrogen-bond donors (Lipinski definition) is 0. The minimum absolute atomic E-state index is 0.0154. The van der Waals surface area contributed by atoms with Crippen LogP contribution in [0.1, 0.15) is 41.7 Å². The van der Waals surface area contributed by atoms with E-state index in [4.69, 9.17) is 16.3 Å². The van der Waals surface area contributed by atoms with Crippen LogP contribution in [0, 0.1) is 5.92 Å². The first-order chi connectivity index (χ1) is 18.8. The van der Waals surface area contributed by atoms with Crippen molar-refractivity contribution < 1.29 is 17.9 Å². The molecule has 0 aliphatic carbocycles. The molecule has 2 saturated heterocycles. The van der Waals surface area contributed by atoms with Gasteiger partial charge in [-0.2, -0.15) is 5.10 Å². The maximum absolute atomic E-state index is 12.9. The summed E-state index contributed by atoms with van der Waals surface area (Å²) in [7, 11) is -2.19. The van der Waals surface area contributed by atoms with Crippen molar-refractivity contribution in [1.82, 2.24) is 20.0 Å². The van der Waals surface area contributed by atoms with Gasteiger partial charge in [0.15, 0.2) is 5.03 Å². The lowest BCUT2D eigenvalue weighted by Crippen LogP contribution is -2.49. The van der Waals surface area contributed by atoms with Crippen LogP contribution in [0.5, 0.6) is 5.75 Å². The number of methoxy groups -OCH3 is 1. The summed E-state index contributed by atoms with van der Waals surface area (Å²) in [5.41, 5.74) is 1.39. The lowest BCUT2D eigenvalue weighted by Gasteiger charge is -2.41. The molecule has 39 heavy (non-hydrogen) atoms. The Morgan fingerprint density at radius 1 is 0.923 bits per heavy atom. The molecule has 2 aromatic carbocycles. The SMILES string of the molecule is COc1ccc(S(=O)(=O)c2ccc(CC3CCN(C4CCN(C(=O)c5ccccc5Cl)CC4)CC3)nn2)cc1. The molecule has 1 aromatic heterocycles. The average Bonchev–Trinajstić information content (AvgIpc) is 2.98. The third kappa shape index (κ3) is 6.26. The standard InChI is InChI=1S/C29H33ClN4O4S/c1-38-24-7-9-25(10-8-24)39(36,37)28-11-6-22(31-32-28)20-21-12-16-33(17-13-21)23-14-18-34(19-15-23)29(35)26-4-2-3-5-27(26)30/h2-11,21,23H,12-20H2,1H3. The molecule has 0 saturated carbocycles. The van der Waals surface area contributed by atoms with E-state index in [1.807, 2.05) is 17.0 Å². The molecule has 0 N–H and O–H groups in total. The number of piperidine rings is 2. The van der Waals surface area contributed by atoms with E-state index in [0.717, 1.165) is 64.0 Å². The van der Waals surface area contributed by atoms with E-state index in [1.165, 1.54) is 19.2 Å². The second-order valence-corrected chi connectivity index (χ2v) is 12.5. The van der Waals surface area contributed by atoms with Gasteiger partial charge in [0.25, 0.3) is 5.91 Å². The summed E-state index contributed by atoms with van der Waals surface area (Å²) in [4.78, 5) is 17.5. The zero-order valence-corrected chi connectivity index (χ0v) is 23.6. The fraction of sp³-hybridized carbons (Fsp3) is 0.414. The minimum atomic E-state index is -3.73. The first kappa shape index (κ1) is 27.6. The van der Waals surface area contributed by atoms with E-state index in [0.29, 0.717) is 28.3 Å². The van der Waals surface area contributed by atoms with Gasteiger partial charge in [-0.3, -0.25) is 4.79 Å². The molecule has 3 aromatic rings. The van der Waals surface area contributed by atoms with E-state index < -0.39 is 9.84 Å². The van der Waals surface area contributed by atoms with Crippen LogP contribution in [0.25, 0.3) is 0 Å². The zero-order chi connectivity index (χ0) is 27.4. The van der Waals surface area contributed by atoms with Crippen molar-refractivity contribution in [3.05, 3.63) is 76.9 Å². The number of hydrogen-bond acceptors (Lipinski definition) is 7. The van der Waals surface area contributed by atoms with Gasteiger partial charge >= 0.3 is 0 Å². The summed E-state index contributed by atoms with van der Waals surface area (Å²) in [6.07, 6.45) is 4.85. The number of ether oxygens (including phenoxy) is 1. The largest absolute Gasteiger partial charge is 0.497 e. The molecule has 3 heterocycles. The molecule has 8 nitrogen and oxygen atoms in total. The summed E-state index contributed by atoms with van der Waals surface area (Å²) in [6, 6.07) is 17.3. The molecule has 2 aliphatic heterocycles. The number of carbonyl (C=O) groups is 1. The second-order valence-electron chi connectivity index (χ2n) is 10.2. The Morgan fingerprint density at radius 3 is 2.23 bits per heavy atom.